The number of allylic oxidation sites excluding steroid dienone is 3. The van der Waals surface area contributed by atoms with Gasteiger partial charge in [0.2, 0.25) is 0 Å². The molecule has 0 saturated heterocycles. The first-order chi connectivity index (χ1) is 11.0. The van der Waals surface area contributed by atoms with Crippen LogP contribution in [0.3, 0.4) is 0 Å². The molecule has 0 radical (unpaired) electrons. The van der Waals surface area contributed by atoms with Crippen LogP contribution >= 0.6 is 0 Å². The summed E-state index contributed by atoms with van der Waals surface area (Å²) in [6.45, 7) is 13.2. The van der Waals surface area contributed by atoms with Gasteiger partial charge in [-0.2, -0.15) is 0 Å². The van der Waals surface area contributed by atoms with E-state index in [0.29, 0.717) is 17.8 Å². The van der Waals surface area contributed by atoms with Gasteiger partial charge in [0.25, 0.3) is 0 Å². The number of benzene rings is 1. The van der Waals surface area contributed by atoms with Gasteiger partial charge in [-0.3, -0.25) is 4.99 Å². The van der Waals surface area contributed by atoms with Gasteiger partial charge < -0.3 is 0 Å². The van der Waals surface area contributed by atoms with Gasteiger partial charge in [0.05, 0.1) is 0 Å². The maximum Gasteiger partial charge on any atom is 0.0440 e. The van der Waals surface area contributed by atoms with Gasteiger partial charge in [0.1, 0.15) is 0 Å². The molecule has 0 aliphatic heterocycles. The van der Waals surface area contributed by atoms with Crippen molar-refractivity contribution in [3.05, 3.63) is 58.8 Å². The predicted molar refractivity (Wildman–Crippen MR) is 102 cm³/mol. The molecule has 0 heterocycles. The van der Waals surface area contributed by atoms with E-state index < -0.39 is 0 Å². The topological polar surface area (TPSA) is 12.4 Å². The minimum Gasteiger partial charge on any atom is -0.261 e. The van der Waals surface area contributed by atoms with Crippen molar-refractivity contribution >= 4 is 5.71 Å². The van der Waals surface area contributed by atoms with Crippen LogP contribution in [0.5, 0.6) is 0 Å². The van der Waals surface area contributed by atoms with E-state index in [0.717, 1.165) is 6.42 Å². The fourth-order valence-corrected chi connectivity index (χ4v) is 3.15. The van der Waals surface area contributed by atoms with Crippen molar-refractivity contribution in [2.24, 2.45) is 10.9 Å². The molecule has 2 atom stereocenters. The summed E-state index contributed by atoms with van der Waals surface area (Å²) in [4.78, 5) is 4.72. The summed E-state index contributed by atoms with van der Waals surface area (Å²) in [6.07, 6.45) is 8.56. The number of rotatable bonds is 6. The van der Waals surface area contributed by atoms with Gasteiger partial charge in [0.15, 0.2) is 0 Å². The van der Waals surface area contributed by atoms with E-state index in [-0.39, 0.29) is 0 Å². The first kappa shape index (κ1) is 17.7. The number of hydrogen-bond acceptors (Lipinski definition) is 1. The summed E-state index contributed by atoms with van der Waals surface area (Å²) in [7, 11) is 0. The van der Waals surface area contributed by atoms with E-state index in [1.54, 1.807) is 0 Å². The number of hydrogen-bond donors (Lipinski definition) is 0. The third kappa shape index (κ3) is 4.43. The van der Waals surface area contributed by atoms with E-state index in [1.165, 1.54) is 34.4 Å². The Hall–Kier alpha value is -1.63. The zero-order valence-corrected chi connectivity index (χ0v) is 15.6. The van der Waals surface area contributed by atoms with E-state index in [9.17, 15) is 0 Å². The number of nitrogens with zero attached hydrogens (tertiary/aromatic N) is 1. The third-order valence-corrected chi connectivity index (χ3v) is 4.76. The molecule has 0 bridgehead atoms. The molecule has 1 unspecified atom stereocenters. The molecule has 0 amide bonds. The summed E-state index contributed by atoms with van der Waals surface area (Å²) in [5, 5.41) is 0. The second-order valence-electron chi connectivity index (χ2n) is 7.12. The summed E-state index contributed by atoms with van der Waals surface area (Å²) < 4.78 is 0. The fourth-order valence-electron chi connectivity index (χ4n) is 3.15. The summed E-state index contributed by atoms with van der Waals surface area (Å²) >= 11 is 0. The van der Waals surface area contributed by atoms with Crippen molar-refractivity contribution in [3.8, 4) is 0 Å². The van der Waals surface area contributed by atoms with Crippen molar-refractivity contribution in [1.82, 2.24) is 0 Å². The van der Waals surface area contributed by atoms with E-state index in [1.807, 2.05) is 19.2 Å². The molecule has 1 saturated carbocycles. The summed E-state index contributed by atoms with van der Waals surface area (Å²) in [5.41, 5.74) is 7.07. The van der Waals surface area contributed by atoms with Crippen LogP contribution in [0.4, 0.5) is 0 Å². The Bertz CT molecular complexity index is 631. The molecule has 124 valence electrons. The number of aryl methyl sites for hydroxylation is 1. The molecule has 0 N–H and O–H groups in total. The van der Waals surface area contributed by atoms with Crippen molar-refractivity contribution in [2.75, 3.05) is 0 Å². The highest BCUT2D eigenvalue weighted by Gasteiger charge is 2.42. The zero-order valence-electron chi connectivity index (χ0n) is 15.6. The van der Waals surface area contributed by atoms with Crippen LogP contribution in [0.25, 0.3) is 0 Å². The smallest absolute Gasteiger partial charge is 0.0440 e. The Kier molecular flexibility index (Phi) is 5.98. The lowest BCUT2D eigenvalue weighted by molar-refractivity contribution is 0.835. The van der Waals surface area contributed by atoms with Gasteiger partial charge in [-0.05, 0) is 62.7 Å². The van der Waals surface area contributed by atoms with E-state index >= 15 is 0 Å². The molecule has 1 aliphatic carbocycles. The lowest BCUT2D eigenvalue weighted by Crippen LogP contribution is -2.02. The average molecular weight is 309 g/mol. The van der Waals surface area contributed by atoms with Gasteiger partial charge in [-0.1, -0.05) is 56.2 Å². The molecule has 1 nitrogen and oxygen atoms in total. The maximum atomic E-state index is 4.72. The van der Waals surface area contributed by atoms with Gasteiger partial charge in [-0.25, -0.2) is 0 Å². The Morgan fingerprint density at radius 3 is 2.70 bits per heavy atom. The van der Waals surface area contributed by atoms with Crippen molar-refractivity contribution in [3.63, 3.8) is 0 Å². The van der Waals surface area contributed by atoms with Crippen LogP contribution in [-0.4, -0.2) is 5.71 Å². The molecule has 2 rings (SSSR count). The molecule has 23 heavy (non-hydrogen) atoms. The second-order valence-corrected chi connectivity index (χ2v) is 7.12. The van der Waals surface area contributed by atoms with Crippen LogP contribution in [0.1, 0.15) is 76.0 Å². The molecule has 1 fully saturated rings. The standard InChI is InChI=1S/C22H31N/c1-7-11-23-22(13-16(5)8-2)21-14-20(21)18-10-9-17(6)12-19(18)15(3)4/h7,9-13,15,20-21H,8,14H2,1-6H3/b11-7+,16-13+,23-22-/t20?,21-/m0/s1. The number of aliphatic imine (C=N–C) groups is 1. The molecular formula is C22H31N. The lowest BCUT2D eigenvalue weighted by atomic mass is 9.91. The van der Waals surface area contributed by atoms with Crippen LogP contribution in [-0.2, 0) is 0 Å². The summed E-state index contributed by atoms with van der Waals surface area (Å²) in [6, 6.07) is 6.97. The quantitative estimate of drug-likeness (QED) is 0.528. The Morgan fingerprint density at radius 1 is 1.35 bits per heavy atom. The Morgan fingerprint density at radius 2 is 2.09 bits per heavy atom. The van der Waals surface area contributed by atoms with Crippen molar-refractivity contribution in [1.29, 1.82) is 0 Å². The molecule has 0 aromatic heterocycles. The largest absolute Gasteiger partial charge is 0.261 e. The molecule has 1 aromatic carbocycles. The van der Waals surface area contributed by atoms with Crippen LogP contribution in [0, 0.1) is 12.8 Å². The maximum absolute atomic E-state index is 4.72. The van der Waals surface area contributed by atoms with E-state index in [2.05, 4.69) is 58.9 Å². The lowest BCUT2D eigenvalue weighted by Gasteiger charge is -2.14. The van der Waals surface area contributed by atoms with Crippen LogP contribution < -0.4 is 0 Å². The highest BCUT2D eigenvalue weighted by atomic mass is 14.7. The highest BCUT2D eigenvalue weighted by molar-refractivity contribution is 6.00. The van der Waals surface area contributed by atoms with E-state index in [4.69, 9.17) is 4.99 Å². The van der Waals surface area contributed by atoms with Crippen molar-refractivity contribution < 1.29 is 0 Å². The monoisotopic (exact) mass is 309 g/mol. The molecule has 1 aliphatic rings. The normalized spacial score (nSPS) is 22.2. The Labute approximate surface area is 142 Å². The molecule has 1 aromatic rings. The average Bonchev–Trinajstić information content (AvgIpc) is 3.31. The minimum absolute atomic E-state index is 0.577. The highest BCUT2D eigenvalue weighted by Crippen LogP contribution is 2.51. The third-order valence-electron chi connectivity index (χ3n) is 4.76. The molecular weight excluding hydrogens is 278 g/mol. The second kappa shape index (κ2) is 7.77. The summed E-state index contributed by atoms with van der Waals surface area (Å²) in [5.74, 6) is 1.79. The fraction of sp³-hybridized carbons (Fsp3) is 0.500. The van der Waals surface area contributed by atoms with Gasteiger partial charge in [0, 0.05) is 17.8 Å². The van der Waals surface area contributed by atoms with Gasteiger partial charge in [-0.15, -0.1) is 0 Å². The van der Waals surface area contributed by atoms with Gasteiger partial charge >= 0.3 is 0 Å². The predicted octanol–water partition coefficient (Wildman–Crippen LogP) is 6.55. The van der Waals surface area contributed by atoms with Crippen molar-refractivity contribution in [2.45, 2.75) is 66.2 Å². The minimum atomic E-state index is 0.577. The van der Waals surface area contributed by atoms with Crippen LogP contribution in [0.2, 0.25) is 0 Å². The first-order valence-electron chi connectivity index (χ1n) is 8.94. The molecule has 1 heteroatoms. The molecule has 0 spiro atoms. The SMILES string of the molecule is C/C=C/N=C(/C=C(\C)CC)[C@H]1CC1c1ccc(C)cc1C(C)C. The van der Waals surface area contributed by atoms with Crippen LogP contribution in [0.15, 0.2) is 47.1 Å². The first-order valence-corrected chi connectivity index (χ1v) is 8.94. The zero-order chi connectivity index (χ0) is 17.0. The Balaban J connectivity index is 2.29.